The zero-order valence-corrected chi connectivity index (χ0v) is 13.1. The van der Waals surface area contributed by atoms with Crippen LogP contribution in [0.4, 0.5) is 5.69 Å². The summed E-state index contributed by atoms with van der Waals surface area (Å²) < 4.78 is 1.88. The van der Waals surface area contributed by atoms with Crippen molar-refractivity contribution in [3.05, 3.63) is 59.7 Å². The van der Waals surface area contributed by atoms with Gasteiger partial charge in [0.15, 0.2) is 0 Å². The van der Waals surface area contributed by atoms with E-state index < -0.39 is 0 Å². The smallest absolute Gasteiger partial charge is 0.257 e. The van der Waals surface area contributed by atoms with Gasteiger partial charge in [-0.15, -0.1) is 0 Å². The second kappa shape index (κ2) is 5.96. The van der Waals surface area contributed by atoms with E-state index in [2.05, 4.69) is 25.3 Å². The maximum Gasteiger partial charge on any atom is 0.257 e. The highest BCUT2D eigenvalue weighted by Gasteiger charge is 2.12. The minimum atomic E-state index is -0.250. The number of imidazole rings is 1. The fourth-order valence-corrected chi connectivity index (χ4v) is 2.27. The van der Waals surface area contributed by atoms with Crippen LogP contribution in [0.3, 0.4) is 0 Å². The number of hydrogen-bond acceptors (Lipinski definition) is 5. The second-order valence-electron chi connectivity index (χ2n) is 5.13. The van der Waals surface area contributed by atoms with Crippen molar-refractivity contribution in [3.63, 3.8) is 0 Å². The lowest BCUT2D eigenvalue weighted by molar-refractivity contribution is 0.102. The average molecular weight is 308 g/mol. The number of aromatic nitrogens is 5. The van der Waals surface area contributed by atoms with E-state index in [9.17, 15) is 4.79 Å². The summed E-state index contributed by atoms with van der Waals surface area (Å²) in [5.74, 6) is 1.10. The number of pyridine rings is 1. The Bertz CT molecular complexity index is 839. The molecule has 0 aromatic carbocycles. The van der Waals surface area contributed by atoms with E-state index in [1.807, 2.05) is 25.3 Å². The van der Waals surface area contributed by atoms with Gasteiger partial charge >= 0.3 is 0 Å². The van der Waals surface area contributed by atoms with Crippen LogP contribution in [0.15, 0.2) is 36.9 Å². The van der Waals surface area contributed by atoms with Gasteiger partial charge in [0.05, 0.1) is 29.3 Å². The third-order valence-electron chi connectivity index (χ3n) is 3.53. The molecule has 0 aliphatic heterocycles. The summed E-state index contributed by atoms with van der Waals surface area (Å²) in [5, 5.41) is 2.74. The Morgan fingerprint density at radius 2 is 1.87 bits per heavy atom. The lowest BCUT2D eigenvalue weighted by Gasteiger charge is -2.08. The van der Waals surface area contributed by atoms with Gasteiger partial charge in [-0.1, -0.05) is 0 Å². The normalized spacial score (nSPS) is 10.6. The molecule has 3 aromatic heterocycles. The molecular formula is C16H16N6O. The predicted octanol–water partition coefficient (Wildman–Crippen LogP) is 2.23. The molecule has 0 bridgehead atoms. The molecule has 3 rings (SSSR count). The van der Waals surface area contributed by atoms with Gasteiger partial charge in [0, 0.05) is 18.1 Å². The summed E-state index contributed by atoms with van der Waals surface area (Å²) in [6.45, 7) is 5.82. The highest BCUT2D eigenvalue weighted by atomic mass is 16.1. The van der Waals surface area contributed by atoms with Gasteiger partial charge < -0.3 is 5.32 Å². The molecule has 3 aromatic rings. The molecule has 3 heterocycles. The van der Waals surface area contributed by atoms with Gasteiger partial charge in [-0.05, 0) is 32.9 Å². The number of amides is 1. The number of hydrogen-bond donors (Lipinski definition) is 1. The van der Waals surface area contributed by atoms with Crippen LogP contribution in [-0.4, -0.2) is 30.4 Å². The molecule has 7 nitrogen and oxygen atoms in total. The van der Waals surface area contributed by atoms with Gasteiger partial charge in [0.1, 0.15) is 5.82 Å². The van der Waals surface area contributed by atoms with Crippen LogP contribution < -0.4 is 5.32 Å². The molecule has 0 fully saturated rings. The molecule has 0 spiro atoms. The summed E-state index contributed by atoms with van der Waals surface area (Å²) in [4.78, 5) is 29.0. The second-order valence-corrected chi connectivity index (χ2v) is 5.13. The molecule has 0 radical (unpaired) electrons. The Balaban J connectivity index is 1.81. The van der Waals surface area contributed by atoms with Crippen LogP contribution >= 0.6 is 0 Å². The summed E-state index contributed by atoms with van der Waals surface area (Å²) in [6, 6.07) is 3.40. The third-order valence-corrected chi connectivity index (χ3v) is 3.53. The van der Waals surface area contributed by atoms with Gasteiger partial charge in [-0.2, -0.15) is 0 Å². The van der Waals surface area contributed by atoms with E-state index in [4.69, 9.17) is 0 Å². The average Bonchev–Trinajstić information content (AvgIpc) is 2.82. The van der Waals surface area contributed by atoms with E-state index >= 15 is 0 Å². The fraction of sp³-hybridized carbons (Fsp3) is 0.188. The maximum atomic E-state index is 12.1. The van der Waals surface area contributed by atoms with Crippen molar-refractivity contribution in [2.24, 2.45) is 0 Å². The SMILES string of the molecule is Cc1nc(C)n(-c2ncc(NC(=O)c3cccnc3)cn2)c1C. The van der Waals surface area contributed by atoms with Crippen LogP contribution in [-0.2, 0) is 0 Å². The molecule has 116 valence electrons. The molecule has 0 saturated carbocycles. The van der Waals surface area contributed by atoms with Crippen LogP contribution in [0.2, 0.25) is 0 Å². The maximum absolute atomic E-state index is 12.1. The predicted molar refractivity (Wildman–Crippen MR) is 85.6 cm³/mol. The fourth-order valence-electron chi connectivity index (χ4n) is 2.27. The Hall–Kier alpha value is -3.09. The van der Waals surface area contributed by atoms with Crippen molar-refractivity contribution < 1.29 is 4.79 Å². The zero-order chi connectivity index (χ0) is 16.4. The van der Waals surface area contributed by atoms with Crippen molar-refractivity contribution in [2.45, 2.75) is 20.8 Å². The molecule has 0 aliphatic rings. The first kappa shape index (κ1) is 14.8. The topological polar surface area (TPSA) is 85.6 Å². The van der Waals surface area contributed by atoms with Gasteiger partial charge in [-0.25, -0.2) is 15.0 Å². The Kier molecular flexibility index (Phi) is 3.84. The number of aryl methyl sites for hydroxylation is 2. The third kappa shape index (κ3) is 2.94. The molecular weight excluding hydrogens is 292 g/mol. The first-order chi connectivity index (χ1) is 11.1. The number of nitrogens with zero attached hydrogens (tertiary/aromatic N) is 5. The number of anilines is 1. The van der Waals surface area contributed by atoms with Crippen molar-refractivity contribution in [1.29, 1.82) is 0 Å². The molecule has 0 atom stereocenters. The largest absolute Gasteiger partial charge is 0.319 e. The number of rotatable bonds is 3. The summed E-state index contributed by atoms with van der Waals surface area (Å²) in [7, 11) is 0. The highest BCUT2D eigenvalue weighted by Crippen LogP contribution is 2.15. The summed E-state index contributed by atoms with van der Waals surface area (Å²) >= 11 is 0. The molecule has 0 aliphatic carbocycles. The van der Waals surface area contributed by atoms with E-state index in [1.54, 1.807) is 30.7 Å². The van der Waals surface area contributed by atoms with E-state index in [0.717, 1.165) is 17.2 Å². The molecule has 0 unspecified atom stereocenters. The van der Waals surface area contributed by atoms with Crippen LogP contribution in [0.1, 0.15) is 27.6 Å². The minimum absolute atomic E-state index is 0.250. The van der Waals surface area contributed by atoms with Gasteiger partial charge in [0.2, 0.25) is 5.95 Å². The highest BCUT2D eigenvalue weighted by molar-refractivity contribution is 6.03. The number of nitrogens with one attached hydrogen (secondary N) is 1. The minimum Gasteiger partial charge on any atom is -0.319 e. The molecule has 0 saturated heterocycles. The molecule has 7 heteroatoms. The Morgan fingerprint density at radius 1 is 1.13 bits per heavy atom. The summed E-state index contributed by atoms with van der Waals surface area (Å²) in [6.07, 6.45) is 6.27. The Labute approximate surface area is 133 Å². The first-order valence-corrected chi connectivity index (χ1v) is 7.12. The van der Waals surface area contributed by atoms with Crippen molar-refractivity contribution in [1.82, 2.24) is 24.5 Å². The molecule has 23 heavy (non-hydrogen) atoms. The van der Waals surface area contributed by atoms with Gasteiger partial charge in [0.25, 0.3) is 5.91 Å². The van der Waals surface area contributed by atoms with Crippen LogP contribution in [0.5, 0.6) is 0 Å². The van der Waals surface area contributed by atoms with E-state index in [1.165, 1.54) is 6.20 Å². The lowest BCUT2D eigenvalue weighted by Crippen LogP contribution is -2.13. The monoisotopic (exact) mass is 308 g/mol. The number of carbonyl (C=O) groups excluding carboxylic acids is 1. The standard InChI is InChI=1S/C16H16N6O/c1-10-11(2)22(12(3)20-10)16-18-8-14(9-19-16)21-15(23)13-5-4-6-17-7-13/h4-9H,1-3H3,(H,21,23). The molecule has 1 N–H and O–H groups in total. The summed E-state index contributed by atoms with van der Waals surface area (Å²) in [5.41, 5.74) is 2.94. The van der Waals surface area contributed by atoms with Crippen molar-refractivity contribution in [2.75, 3.05) is 5.32 Å². The van der Waals surface area contributed by atoms with Crippen molar-refractivity contribution in [3.8, 4) is 5.95 Å². The van der Waals surface area contributed by atoms with Gasteiger partial charge in [-0.3, -0.25) is 14.3 Å². The van der Waals surface area contributed by atoms with E-state index in [-0.39, 0.29) is 5.91 Å². The van der Waals surface area contributed by atoms with Crippen LogP contribution in [0.25, 0.3) is 5.95 Å². The quantitative estimate of drug-likeness (QED) is 0.802. The first-order valence-electron chi connectivity index (χ1n) is 7.12. The van der Waals surface area contributed by atoms with Crippen LogP contribution in [0, 0.1) is 20.8 Å². The zero-order valence-electron chi connectivity index (χ0n) is 13.1. The number of carbonyl (C=O) groups is 1. The van der Waals surface area contributed by atoms with E-state index in [0.29, 0.717) is 17.2 Å². The lowest BCUT2D eigenvalue weighted by atomic mass is 10.2. The Morgan fingerprint density at radius 3 is 2.43 bits per heavy atom. The van der Waals surface area contributed by atoms with Crippen molar-refractivity contribution >= 4 is 11.6 Å². The molecule has 1 amide bonds.